The van der Waals surface area contributed by atoms with Crippen LogP contribution in [0.2, 0.25) is 5.02 Å². The van der Waals surface area contributed by atoms with Gasteiger partial charge in [-0.15, -0.1) is 0 Å². The summed E-state index contributed by atoms with van der Waals surface area (Å²) in [6.45, 7) is 3.52. The zero-order valence-corrected chi connectivity index (χ0v) is 12.8. The molecular formula is C15H16ClNO4. The van der Waals surface area contributed by atoms with Gasteiger partial charge in [-0.25, -0.2) is 0 Å². The number of methoxy groups -OCH3 is 1. The third kappa shape index (κ3) is 3.19. The molecule has 1 amide bonds. The van der Waals surface area contributed by atoms with Gasteiger partial charge in [-0.1, -0.05) is 23.7 Å². The third-order valence-corrected chi connectivity index (χ3v) is 3.50. The number of hydrogen-bond donors (Lipinski definition) is 1. The molecule has 0 aliphatic heterocycles. The van der Waals surface area contributed by atoms with Crippen molar-refractivity contribution in [3.63, 3.8) is 0 Å². The van der Waals surface area contributed by atoms with Crippen molar-refractivity contribution >= 4 is 34.4 Å². The summed E-state index contributed by atoms with van der Waals surface area (Å²) in [4.78, 5) is 23.4. The highest BCUT2D eigenvalue weighted by molar-refractivity contribution is 6.35. The van der Waals surface area contributed by atoms with E-state index in [4.69, 9.17) is 16.0 Å². The number of carbonyl (C=O) groups excluding carboxylic acids is 2. The molecule has 0 fully saturated rings. The molecule has 0 aliphatic carbocycles. The first kappa shape index (κ1) is 15.4. The number of hydrogen-bond acceptors (Lipinski definition) is 4. The van der Waals surface area contributed by atoms with Crippen molar-refractivity contribution in [2.45, 2.75) is 26.3 Å². The Labute approximate surface area is 127 Å². The summed E-state index contributed by atoms with van der Waals surface area (Å²) in [6, 6.07) is 4.99. The highest BCUT2D eigenvalue weighted by atomic mass is 35.5. The molecule has 0 aliphatic rings. The first-order chi connectivity index (χ1) is 9.93. The van der Waals surface area contributed by atoms with Gasteiger partial charge in [0.25, 0.3) is 5.91 Å². The van der Waals surface area contributed by atoms with Crippen molar-refractivity contribution in [1.82, 2.24) is 5.32 Å². The summed E-state index contributed by atoms with van der Waals surface area (Å²) >= 11 is 6.05. The Bertz CT molecular complexity index is 692. The Morgan fingerprint density at radius 3 is 2.76 bits per heavy atom. The smallest absolute Gasteiger partial charge is 0.307 e. The Balaban J connectivity index is 2.22. The summed E-state index contributed by atoms with van der Waals surface area (Å²) < 4.78 is 10.1. The maximum Gasteiger partial charge on any atom is 0.307 e. The number of rotatable bonds is 4. The topological polar surface area (TPSA) is 68.5 Å². The van der Waals surface area contributed by atoms with Crippen LogP contribution in [0.5, 0.6) is 0 Å². The monoisotopic (exact) mass is 309 g/mol. The number of esters is 1. The molecule has 1 heterocycles. The molecule has 2 rings (SSSR count). The maximum atomic E-state index is 12.2. The Kier molecular flexibility index (Phi) is 4.53. The lowest BCUT2D eigenvalue weighted by molar-refractivity contribution is -0.141. The lowest BCUT2D eigenvalue weighted by atomic mass is 10.1. The van der Waals surface area contributed by atoms with Gasteiger partial charge in [0.05, 0.1) is 18.6 Å². The molecule has 0 saturated heterocycles. The van der Waals surface area contributed by atoms with Crippen LogP contribution < -0.4 is 5.32 Å². The van der Waals surface area contributed by atoms with E-state index in [2.05, 4.69) is 10.1 Å². The van der Waals surface area contributed by atoms with E-state index < -0.39 is 0 Å². The van der Waals surface area contributed by atoms with Crippen LogP contribution in [-0.2, 0) is 9.53 Å². The SMILES string of the molecule is COC(=O)CC(C)NC(=O)c1oc2c(Cl)cccc2c1C. The van der Waals surface area contributed by atoms with Crippen LogP contribution in [0.4, 0.5) is 0 Å². The number of carbonyl (C=O) groups is 2. The Morgan fingerprint density at radius 2 is 2.14 bits per heavy atom. The molecule has 5 nitrogen and oxygen atoms in total. The van der Waals surface area contributed by atoms with E-state index in [1.807, 2.05) is 6.07 Å². The van der Waals surface area contributed by atoms with Gasteiger partial charge in [-0.05, 0) is 19.9 Å². The van der Waals surface area contributed by atoms with Crippen LogP contribution in [-0.4, -0.2) is 25.0 Å². The Morgan fingerprint density at radius 1 is 1.43 bits per heavy atom. The van der Waals surface area contributed by atoms with Crippen LogP contribution in [0.15, 0.2) is 22.6 Å². The van der Waals surface area contributed by atoms with Crippen LogP contribution in [0.25, 0.3) is 11.0 Å². The van der Waals surface area contributed by atoms with E-state index in [-0.39, 0.29) is 30.1 Å². The predicted octanol–water partition coefficient (Wildman–Crippen LogP) is 3.08. The highest BCUT2D eigenvalue weighted by Crippen LogP contribution is 2.30. The number of furan rings is 1. The quantitative estimate of drug-likeness (QED) is 0.881. The molecule has 0 spiro atoms. The van der Waals surface area contributed by atoms with E-state index >= 15 is 0 Å². The number of para-hydroxylation sites is 1. The molecule has 1 unspecified atom stereocenters. The van der Waals surface area contributed by atoms with Gasteiger partial charge >= 0.3 is 5.97 Å². The number of fused-ring (bicyclic) bond motifs is 1. The van der Waals surface area contributed by atoms with E-state index in [1.165, 1.54) is 7.11 Å². The van der Waals surface area contributed by atoms with Gasteiger partial charge in [0.2, 0.25) is 0 Å². The zero-order valence-electron chi connectivity index (χ0n) is 12.0. The van der Waals surface area contributed by atoms with Crippen LogP contribution in [0.3, 0.4) is 0 Å². The van der Waals surface area contributed by atoms with E-state index in [0.29, 0.717) is 10.6 Å². The summed E-state index contributed by atoms with van der Waals surface area (Å²) in [6.07, 6.45) is 0.0995. The first-order valence-corrected chi connectivity index (χ1v) is 6.87. The number of aryl methyl sites for hydroxylation is 1. The lowest BCUT2D eigenvalue weighted by Gasteiger charge is -2.11. The zero-order chi connectivity index (χ0) is 15.6. The van der Waals surface area contributed by atoms with Crippen LogP contribution in [0.1, 0.15) is 29.5 Å². The van der Waals surface area contributed by atoms with E-state index in [1.54, 1.807) is 26.0 Å². The van der Waals surface area contributed by atoms with Crippen molar-refractivity contribution in [2.75, 3.05) is 7.11 Å². The number of halogens is 1. The number of amides is 1. The molecule has 2 aromatic rings. The Hall–Kier alpha value is -2.01. The maximum absolute atomic E-state index is 12.2. The van der Waals surface area contributed by atoms with Crippen molar-refractivity contribution in [3.05, 3.63) is 34.5 Å². The molecule has 6 heteroatoms. The molecule has 21 heavy (non-hydrogen) atoms. The molecule has 1 aromatic carbocycles. The standard InChI is InChI=1S/C15H16ClNO4/c1-8(7-12(18)20-3)17-15(19)13-9(2)10-5-4-6-11(16)14(10)21-13/h4-6,8H,7H2,1-3H3,(H,17,19). The minimum Gasteiger partial charge on any atom is -0.469 e. The fourth-order valence-electron chi connectivity index (χ4n) is 2.10. The fraction of sp³-hybridized carbons (Fsp3) is 0.333. The van der Waals surface area contributed by atoms with Crippen molar-refractivity contribution in [1.29, 1.82) is 0 Å². The highest BCUT2D eigenvalue weighted by Gasteiger charge is 2.21. The number of ether oxygens (including phenoxy) is 1. The molecule has 0 bridgehead atoms. The van der Waals surface area contributed by atoms with Gasteiger partial charge in [-0.2, -0.15) is 0 Å². The second-order valence-corrected chi connectivity index (χ2v) is 5.23. The summed E-state index contributed by atoms with van der Waals surface area (Å²) in [5.74, 6) is -0.557. The minimum absolute atomic E-state index is 0.0995. The van der Waals surface area contributed by atoms with E-state index in [9.17, 15) is 9.59 Å². The van der Waals surface area contributed by atoms with Gasteiger partial charge in [-0.3, -0.25) is 9.59 Å². The van der Waals surface area contributed by atoms with Crippen LogP contribution >= 0.6 is 11.6 Å². The van der Waals surface area contributed by atoms with Gasteiger partial charge in [0.1, 0.15) is 0 Å². The average molecular weight is 310 g/mol. The second kappa shape index (κ2) is 6.18. The molecule has 0 radical (unpaired) electrons. The number of benzene rings is 1. The molecule has 0 saturated carbocycles. The lowest BCUT2D eigenvalue weighted by Crippen LogP contribution is -2.34. The van der Waals surface area contributed by atoms with Crippen molar-refractivity contribution in [3.8, 4) is 0 Å². The average Bonchev–Trinajstić information content (AvgIpc) is 2.77. The number of nitrogens with one attached hydrogen (secondary N) is 1. The second-order valence-electron chi connectivity index (χ2n) is 4.83. The predicted molar refractivity (Wildman–Crippen MR) is 79.5 cm³/mol. The van der Waals surface area contributed by atoms with Gasteiger partial charge < -0.3 is 14.5 Å². The first-order valence-electron chi connectivity index (χ1n) is 6.49. The molecule has 1 aromatic heterocycles. The fourth-order valence-corrected chi connectivity index (χ4v) is 2.31. The van der Waals surface area contributed by atoms with Crippen molar-refractivity contribution in [2.24, 2.45) is 0 Å². The van der Waals surface area contributed by atoms with Crippen molar-refractivity contribution < 1.29 is 18.7 Å². The van der Waals surface area contributed by atoms with Gasteiger partial charge in [0.15, 0.2) is 11.3 Å². The van der Waals surface area contributed by atoms with Crippen LogP contribution in [0, 0.1) is 6.92 Å². The summed E-state index contributed by atoms with van der Waals surface area (Å²) in [5, 5.41) is 3.96. The molecular weight excluding hydrogens is 294 g/mol. The molecule has 1 N–H and O–H groups in total. The van der Waals surface area contributed by atoms with Gasteiger partial charge in [0, 0.05) is 17.0 Å². The normalized spacial score (nSPS) is 12.2. The third-order valence-electron chi connectivity index (χ3n) is 3.20. The molecule has 112 valence electrons. The summed E-state index contributed by atoms with van der Waals surface area (Å²) in [7, 11) is 1.31. The van der Waals surface area contributed by atoms with E-state index in [0.717, 1.165) is 10.9 Å². The minimum atomic E-state index is -0.382. The summed E-state index contributed by atoms with van der Waals surface area (Å²) in [5.41, 5.74) is 1.21. The largest absolute Gasteiger partial charge is 0.469 e. The molecule has 1 atom stereocenters.